The van der Waals surface area contributed by atoms with Crippen LogP contribution >= 0.6 is 11.8 Å². The summed E-state index contributed by atoms with van der Waals surface area (Å²) in [6, 6.07) is 9.14. The molecule has 0 spiro atoms. The summed E-state index contributed by atoms with van der Waals surface area (Å²) in [7, 11) is 0. The number of benzene rings is 1. The molecule has 2 aromatic heterocycles. The third kappa shape index (κ3) is 5.95. The van der Waals surface area contributed by atoms with Gasteiger partial charge in [0.05, 0.1) is 6.54 Å². The largest absolute Gasteiger partial charge is 0.446 e. The van der Waals surface area contributed by atoms with Gasteiger partial charge in [-0.3, -0.25) is 9.78 Å². The zero-order chi connectivity index (χ0) is 20.0. The Morgan fingerprint density at radius 3 is 2.54 bits per heavy atom. The van der Waals surface area contributed by atoms with E-state index in [1.807, 2.05) is 0 Å². The van der Waals surface area contributed by atoms with Gasteiger partial charge < -0.3 is 9.84 Å². The summed E-state index contributed by atoms with van der Waals surface area (Å²) in [6.07, 6.45) is 5.97. The number of halogens is 3. The van der Waals surface area contributed by atoms with Gasteiger partial charge in [-0.1, -0.05) is 17.3 Å². The van der Waals surface area contributed by atoms with Crippen molar-refractivity contribution in [3.05, 3.63) is 66.3 Å². The molecular weight excluding hydrogens is 393 g/mol. The van der Waals surface area contributed by atoms with Crippen LogP contribution in [0.1, 0.15) is 11.5 Å². The summed E-state index contributed by atoms with van der Waals surface area (Å²) in [5.41, 5.74) is -2.99. The maximum absolute atomic E-state index is 12.3. The first-order valence-corrected chi connectivity index (χ1v) is 8.75. The summed E-state index contributed by atoms with van der Waals surface area (Å²) in [5.74, 6) is 0.221. The van der Waals surface area contributed by atoms with Crippen LogP contribution in [0.25, 0.3) is 17.5 Å². The number of aromatic nitrogens is 3. The molecular formula is C18H13F3N4O2S. The fourth-order valence-corrected chi connectivity index (χ4v) is 2.66. The number of thioether (sulfide) groups is 1. The quantitative estimate of drug-likeness (QED) is 0.491. The molecule has 0 aliphatic heterocycles. The van der Waals surface area contributed by atoms with Crippen LogP contribution in [-0.4, -0.2) is 26.5 Å². The van der Waals surface area contributed by atoms with Gasteiger partial charge in [-0.05, 0) is 47.7 Å². The molecule has 0 atom stereocenters. The van der Waals surface area contributed by atoms with Gasteiger partial charge in [-0.15, -0.1) is 0 Å². The zero-order valence-electron chi connectivity index (χ0n) is 14.2. The summed E-state index contributed by atoms with van der Waals surface area (Å²) in [5, 5.41) is 6.42. The van der Waals surface area contributed by atoms with Gasteiger partial charge >= 0.3 is 5.51 Å². The van der Waals surface area contributed by atoms with Crippen LogP contribution in [0.2, 0.25) is 0 Å². The molecule has 1 amide bonds. The molecule has 3 aromatic rings. The van der Waals surface area contributed by atoms with Crippen molar-refractivity contribution in [2.45, 2.75) is 16.9 Å². The van der Waals surface area contributed by atoms with Crippen LogP contribution in [0.5, 0.6) is 0 Å². The second kappa shape index (κ2) is 8.70. The number of amides is 1. The number of nitrogens with zero attached hydrogens (tertiary/aromatic N) is 3. The van der Waals surface area contributed by atoms with E-state index in [0.717, 1.165) is 5.56 Å². The Morgan fingerprint density at radius 1 is 1.14 bits per heavy atom. The van der Waals surface area contributed by atoms with E-state index >= 15 is 0 Å². The van der Waals surface area contributed by atoms with Crippen molar-refractivity contribution in [1.82, 2.24) is 20.4 Å². The summed E-state index contributed by atoms with van der Waals surface area (Å²) in [6.45, 7) is 0.0441. The number of carbonyl (C=O) groups excluding carboxylic acids is 1. The van der Waals surface area contributed by atoms with Crippen molar-refractivity contribution >= 4 is 23.7 Å². The molecule has 0 aliphatic carbocycles. The van der Waals surface area contributed by atoms with E-state index in [4.69, 9.17) is 4.52 Å². The Morgan fingerprint density at radius 2 is 1.86 bits per heavy atom. The molecule has 144 valence electrons. The highest BCUT2D eigenvalue weighted by atomic mass is 32.2. The predicted octanol–water partition coefficient (Wildman–Crippen LogP) is 4.07. The third-order valence-corrected chi connectivity index (χ3v) is 4.10. The predicted molar refractivity (Wildman–Crippen MR) is 96.8 cm³/mol. The number of hydrogen-bond donors (Lipinski definition) is 1. The topological polar surface area (TPSA) is 80.9 Å². The third-order valence-electron chi connectivity index (χ3n) is 3.36. The van der Waals surface area contributed by atoms with Crippen LogP contribution in [-0.2, 0) is 11.3 Å². The van der Waals surface area contributed by atoms with Crippen molar-refractivity contribution in [2.24, 2.45) is 0 Å². The first kappa shape index (κ1) is 19.6. The Hall–Kier alpha value is -3.14. The van der Waals surface area contributed by atoms with E-state index in [2.05, 4.69) is 20.4 Å². The SMILES string of the molecule is O=C(/C=C/c1ccc(SC(F)(F)F)cc1)NCc1nc(-c2ccncc2)no1. The molecule has 0 radical (unpaired) electrons. The second-order valence-corrected chi connectivity index (χ2v) is 6.55. The lowest BCUT2D eigenvalue weighted by molar-refractivity contribution is -0.116. The zero-order valence-corrected chi connectivity index (χ0v) is 15.0. The highest BCUT2D eigenvalue weighted by Gasteiger charge is 2.28. The number of rotatable bonds is 6. The number of alkyl halides is 3. The van der Waals surface area contributed by atoms with E-state index in [-0.39, 0.29) is 29.1 Å². The molecule has 2 heterocycles. The van der Waals surface area contributed by atoms with E-state index in [9.17, 15) is 18.0 Å². The minimum Gasteiger partial charge on any atom is -0.343 e. The van der Waals surface area contributed by atoms with Crippen LogP contribution in [0, 0.1) is 0 Å². The van der Waals surface area contributed by atoms with Gasteiger partial charge in [0, 0.05) is 28.9 Å². The molecule has 0 saturated carbocycles. The lowest BCUT2D eigenvalue weighted by atomic mass is 10.2. The maximum atomic E-state index is 12.3. The first-order chi connectivity index (χ1) is 13.4. The summed E-state index contributed by atoms with van der Waals surface area (Å²) in [4.78, 5) is 20.0. The van der Waals surface area contributed by atoms with Gasteiger partial charge in [0.2, 0.25) is 17.6 Å². The lowest BCUT2D eigenvalue weighted by Gasteiger charge is -2.05. The molecule has 10 heteroatoms. The van der Waals surface area contributed by atoms with Gasteiger partial charge in [0.25, 0.3) is 0 Å². The van der Waals surface area contributed by atoms with Crippen LogP contribution in [0.15, 0.2) is 64.3 Å². The highest BCUT2D eigenvalue weighted by molar-refractivity contribution is 8.00. The van der Waals surface area contributed by atoms with E-state index in [1.54, 1.807) is 24.5 Å². The van der Waals surface area contributed by atoms with Crippen molar-refractivity contribution in [2.75, 3.05) is 0 Å². The Labute approximate surface area is 161 Å². The number of pyridine rings is 1. The average molecular weight is 406 g/mol. The molecule has 0 fully saturated rings. The normalized spacial score (nSPS) is 11.7. The van der Waals surface area contributed by atoms with Gasteiger partial charge in [-0.25, -0.2) is 0 Å². The summed E-state index contributed by atoms with van der Waals surface area (Å²) < 4.78 is 42.0. The number of hydrogen-bond acceptors (Lipinski definition) is 6. The van der Waals surface area contributed by atoms with Gasteiger partial charge in [0.1, 0.15) is 0 Å². The Bertz CT molecular complexity index is 957. The molecule has 0 bridgehead atoms. The lowest BCUT2D eigenvalue weighted by Crippen LogP contribution is -2.20. The standard InChI is InChI=1S/C18H13F3N4O2S/c19-18(20,21)28-14-4-1-12(2-5-14)3-6-15(26)23-11-16-24-17(25-27-16)13-7-9-22-10-8-13/h1-10H,11H2,(H,23,26)/b6-3+. The molecule has 3 rings (SSSR count). The van der Waals surface area contributed by atoms with Crippen LogP contribution in [0.4, 0.5) is 13.2 Å². The molecule has 1 aromatic carbocycles. The van der Waals surface area contributed by atoms with E-state index in [1.165, 1.54) is 36.4 Å². The van der Waals surface area contributed by atoms with Gasteiger partial charge in [0.15, 0.2) is 0 Å². The van der Waals surface area contributed by atoms with E-state index in [0.29, 0.717) is 11.4 Å². The number of nitrogens with one attached hydrogen (secondary N) is 1. The highest BCUT2D eigenvalue weighted by Crippen LogP contribution is 2.36. The molecule has 6 nitrogen and oxygen atoms in total. The maximum Gasteiger partial charge on any atom is 0.446 e. The fourth-order valence-electron chi connectivity index (χ4n) is 2.12. The van der Waals surface area contributed by atoms with Crippen molar-refractivity contribution in [3.8, 4) is 11.4 Å². The molecule has 0 saturated heterocycles. The van der Waals surface area contributed by atoms with Crippen LogP contribution in [0.3, 0.4) is 0 Å². The minimum atomic E-state index is -4.33. The molecule has 0 unspecified atom stereocenters. The fraction of sp³-hybridized carbons (Fsp3) is 0.111. The van der Waals surface area contributed by atoms with Crippen molar-refractivity contribution < 1.29 is 22.5 Å². The molecule has 0 aliphatic rings. The molecule has 28 heavy (non-hydrogen) atoms. The smallest absolute Gasteiger partial charge is 0.343 e. The molecule has 1 N–H and O–H groups in total. The minimum absolute atomic E-state index is 0.0441. The van der Waals surface area contributed by atoms with E-state index < -0.39 is 11.4 Å². The average Bonchev–Trinajstić information content (AvgIpc) is 3.14. The van der Waals surface area contributed by atoms with Crippen LogP contribution < -0.4 is 5.32 Å². The first-order valence-electron chi connectivity index (χ1n) is 7.94. The van der Waals surface area contributed by atoms with Crippen molar-refractivity contribution in [1.29, 1.82) is 0 Å². The van der Waals surface area contributed by atoms with Crippen molar-refractivity contribution in [3.63, 3.8) is 0 Å². The van der Waals surface area contributed by atoms with Gasteiger partial charge in [-0.2, -0.15) is 18.2 Å². The number of carbonyl (C=O) groups is 1. The second-order valence-electron chi connectivity index (χ2n) is 5.42. The Kier molecular flexibility index (Phi) is 6.09. The Balaban J connectivity index is 1.51. The summed E-state index contributed by atoms with van der Waals surface area (Å²) >= 11 is -0.190. The monoisotopic (exact) mass is 406 g/mol.